The van der Waals surface area contributed by atoms with Gasteiger partial charge >= 0.3 is 0 Å². The van der Waals surface area contributed by atoms with Gasteiger partial charge in [0.15, 0.2) is 5.78 Å². The first kappa shape index (κ1) is 13.5. The SMILES string of the molecule is CSc1ccccc1C(=O)c1ccc(Cl)c(Cl)c1. The van der Waals surface area contributed by atoms with E-state index in [4.69, 9.17) is 23.2 Å². The lowest BCUT2D eigenvalue weighted by Gasteiger charge is -2.07. The fourth-order valence-electron chi connectivity index (χ4n) is 1.63. The van der Waals surface area contributed by atoms with Gasteiger partial charge in [0.1, 0.15) is 0 Å². The number of hydrogen-bond donors (Lipinski definition) is 0. The van der Waals surface area contributed by atoms with Crippen molar-refractivity contribution in [3.8, 4) is 0 Å². The van der Waals surface area contributed by atoms with Crippen LogP contribution in [0.5, 0.6) is 0 Å². The molecule has 0 N–H and O–H groups in total. The quantitative estimate of drug-likeness (QED) is 0.589. The third-order valence-corrected chi connectivity index (χ3v) is 4.07. The maximum absolute atomic E-state index is 12.4. The highest BCUT2D eigenvalue weighted by Crippen LogP contribution is 2.26. The Morgan fingerprint density at radius 1 is 1.06 bits per heavy atom. The molecule has 0 atom stereocenters. The molecule has 4 heteroatoms. The maximum atomic E-state index is 12.4. The van der Waals surface area contributed by atoms with Crippen molar-refractivity contribution < 1.29 is 4.79 Å². The molecule has 0 aliphatic carbocycles. The van der Waals surface area contributed by atoms with Crippen molar-refractivity contribution in [2.45, 2.75) is 4.90 Å². The Labute approximate surface area is 120 Å². The fraction of sp³-hybridized carbons (Fsp3) is 0.0714. The van der Waals surface area contributed by atoms with E-state index in [-0.39, 0.29) is 5.78 Å². The molecule has 2 aromatic rings. The molecular weight excluding hydrogens is 287 g/mol. The summed E-state index contributed by atoms with van der Waals surface area (Å²) in [5.74, 6) is -0.0430. The summed E-state index contributed by atoms with van der Waals surface area (Å²) in [6.45, 7) is 0. The van der Waals surface area contributed by atoms with Gasteiger partial charge < -0.3 is 0 Å². The van der Waals surface area contributed by atoms with Crippen LogP contribution in [0.25, 0.3) is 0 Å². The van der Waals surface area contributed by atoms with Gasteiger partial charge in [0.2, 0.25) is 0 Å². The molecule has 0 aromatic heterocycles. The van der Waals surface area contributed by atoms with Gasteiger partial charge in [-0.25, -0.2) is 0 Å². The highest BCUT2D eigenvalue weighted by Gasteiger charge is 2.13. The average Bonchev–Trinajstić information content (AvgIpc) is 2.41. The lowest BCUT2D eigenvalue weighted by Crippen LogP contribution is -2.02. The van der Waals surface area contributed by atoms with Crippen LogP contribution in [0.2, 0.25) is 10.0 Å². The summed E-state index contributed by atoms with van der Waals surface area (Å²) < 4.78 is 0. The predicted molar refractivity (Wildman–Crippen MR) is 78.1 cm³/mol. The zero-order chi connectivity index (χ0) is 13.1. The third kappa shape index (κ3) is 2.72. The van der Waals surface area contributed by atoms with E-state index in [1.165, 1.54) is 0 Å². The smallest absolute Gasteiger partial charge is 0.194 e. The molecule has 0 unspecified atom stereocenters. The number of hydrogen-bond acceptors (Lipinski definition) is 2. The molecule has 0 aliphatic heterocycles. The highest BCUT2D eigenvalue weighted by molar-refractivity contribution is 7.98. The second kappa shape index (κ2) is 5.79. The Morgan fingerprint density at radius 3 is 2.44 bits per heavy atom. The van der Waals surface area contributed by atoms with E-state index in [0.29, 0.717) is 21.2 Å². The Hall–Kier alpha value is -0.960. The van der Waals surface area contributed by atoms with Crippen molar-refractivity contribution >= 4 is 40.7 Å². The van der Waals surface area contributed by atoms with Crippen molar-refractivity contribution in [2.24, 2.45) is 0 Å². The molecule has 2 aromatic carbocycles. The molecule has 0 saturated heterocycles. The molecule has 18 heavy (non-hydrogen) atoms. The van der Waals surface area contributed by atoms with Crippen LogP contribution in [0.4, 0.5) is 0 Å². The summed E-state index contributed by atoms with van der Waals surface area (Å²) >= 11 is 13.3. The van der Waals surface area contributed by atoms with E-state index in [1.807, 2.05) is 30.5 Å². The predicted octanol–water partition coefficient (Wildman–Crippen LogP) is 4.95. The lowest BCUT2D eigenvalue weighted by molar-refractivity contribution is 0.103. The van der Waals surface area contributed by atoms with Crippen LogP contribution < -0.4 is 0 Å². The Balaban J connectivity index is 2.44. The second-order valence-electron chi connectivity index (χ2n) is 3.66. The minimum atomic E-state index is -0.0430. The molecule has 1 nitrogen and oxygen atoms in total. The van der Waals surface area contributed by atoms with Gasteiger partial charge in [0, 0.05) is 16.0 Å². The van der Waals surface area contributed by atoms with Crippen molar-refractivity contribution in [1.82, 2.24) is 0 Å². The van der Waals surface area contributed by atoms with E-state index in [0.717, 1.165) is 4.90 Å². The van der Waals surface area contributed by atoms with Crippen molar-refractivity contribution in [3.63, 3.8) is 0 Å². The first-order valence-electron chi connectivity index (χ1n) is 5.26. The van der Waals surface area contributed by atoms with Crippen molar-refractivity contribution in [3.05, 3.63) is 63.6 Å². The molecule has 0 bridgehead atoms. The van der Waals surface area contributed by atoms with Crippen LogP contribution in [0.15, 0.2) is 47.4 Å². The van der Waals surface area contributed by atoms with Gasteiger partial charge in [0.05, 0.1) is 10.0 Å². The zero-order valence-corrected chi connectivity index (χ0v) is 11.9. The van der Waals surface area contributed by atoms with Crippen LogP contribution in [-0.4, -0.2) is 12.0 Å². The summed E-state index contributed by atoms with van der Waals surface area (Å²) in [5, 5.41) is 0.843. The molecule has 2 rings (SSSR count). The highest BCUT2D eigenvalue weighted by atomic mass is 35.5. The third-order valence-electron chi connectivity index (χ3n) is 2.53. The molecule has 92 valence electrons. The first-order chi connectivity index (χ1) is 8.63. The van der Waals surface area contributed by atoms with E-state index < -0.39 is 0 Å². The molecule has 0 heterocycles. The van der Waals surface area contributed by atoms with E-state index in [1.54, 1.807) is 30.0 Å². The average molecular weight is 297 g/mol. The topological polar surface area (TPSA) is 17.1 Å². The number of carbonyl (C=O) groups is 1. The molecule has 0 aliphatic rings. The van der Waals surface area contributed by atoms with Gasteiger partial charge in [-0.05, 0) is 36.6 Å². The van der Waals surface area contributed by atoms with E-state index >= 15 is 0 Å². The summed E-state index contributed by atoms with van der Waals surface area (Å²) in [5.41, 5.74) is 1.23. The summed E-state index contributed by atoms with van der Waals surface area (Å²) in [4.78, 5) is 13.3. The standard InChI is InChI=1S/C14H10Cl2OS/c1-18-13-5-3-2-4-10(13)14(17)9-6-7-11(15)12(16)8-9/h2-8H,1H3. The summed E-state index contributed by atoms with van der Waals surface area (Å²) in [7, 11) is 0. The van der Waals surface area contributed by atoms with Gasteiger partial charge in [-0.15, -0.1) is 11.8 Å². The monoisotopic (exact) mass is 296 g/mol. The van der Waals surface area contributed by atoms with Crippen LogP contribution in [0.1, 0.15) is 15.9 Å². The summed E-state index contributed by atoms with van der Waals surface area (Å²) in [6.07, 6.45) is 1.95. The number of thioether (sulfide) groups is 1. The number of halogens is 2. The Bertz CT molecular complexity index is 596. The van der Waals surface area contributed by atoms with Gasteiger partial charge in [0.25, 0.3) is 0 Å². The number of carbonyl (C=O) groups excluding carboxylic acids is 1. The van der Waals surface area contributed by atoms with Crippen LogP contribution in [0.3, 0.4) is 0 Å². The molecule has 0 amide bonds. The van der Waals surface area contributed by atoms with Gasteiger partial charge in [-0.3, -0.25) is 4.79 Å². The van der Waals surface area contributed by atoms with Crippen molar-refractivity contribution in [2.75, 3.05) is 6.26 Å². The van der Waals surface area contributed by atoms with Crippen LogP contribution in [-0.2, 0) is 0 Å². The summed E-state index contributed by atoms with van der Waals surface area (Å²) in [6, 6.07) is 12.4. The van der Waals surface area contributed by atoms with E-state index in [9.17, 15) is 4.79 Å². The minimum Gasteiger partial charge on any atom is -0.289 e. The molecule has 0 radical (unpaired) electrons. The first-order valence-corrected chi connectivity index (χ1v) is 7.24. The Morgan fingerprint density at radius 2 is 1.78 bits per heavy atom. The minimum absolute atomic E-state index is 0.0430. The van der Waals surface area contributed by atoms with Crippen LogP contribution in [0, 0.1) is 0 Å². The largest absolute Gasteiger partial charge is 0.289 e. The zero-order valence-electron chi connectivity index (χ0n) is 9.61. The number of ketones is 1. The molecular formula is C14H10Cl2OS. The van der Waals surface area contributed by atoms with Crippen LogP contribution >= 0.6 is 35.0 Å². The Kier molecular flexibility index (Phi) is 4.33. The number of rotatable bonds is 3. The van der Waals surface area contributed by atoms with Crippen molar-refractivity contribution in [1.29, 1.82) is 0 Å². The number of benzene rings is 2. The maximum Gasteiger partial charge on any atom is 0.194 e. The molecule has 0 saturated carbocycles. The molecule has 0 fully saturated rings. The van der Waals surface area contributed by atoms with Gasteiger partial charge in [-0.1, -0.05) is 35.3 Å². The van der Waals surface area contributed by atoms with Gasteiger partial charge in [-0.2, -0.15) is 0 Å². The fourth-order valence-corrected chi connectivity index (χ4v) is 2.52. The second-order valence-corrected chi connectivity index (χ2v) is 5.32. The lowest BCUT2D eigenvalue weighted by atomic mass is 10.0. The molecule has 0 spiro atoms. The normalized spacial score (nSPS) is 10.4. The van der Waals surface area contributed by atoms with E-state index in [2.05, 4.69) is 0 Å².